The lowest BCUT2D eigenvalue weighted by Crippen LogP contribution is -2.39. The molecule has 37 heavy (non-hydrogen) atoms. The van der Waals surface area contributed by atoms with Crippen molar-refractivity contribution < 1.29 is 28.6 Å². The normalized spacial score (nSPS) is 15.0. The van der Waals surface area contributed by atoms with Crippen LogP contribution in [0.2, 0.25) is 0 Å². The van der Waals surface area contributed by atoms with Crippen molar-refractivity contribution in [3.8, 4) is 5.75 Å². The molecule has 0 saturated carbocycles. The zero-order valence-electron chi connectivity index (χ0n) is 20.6. The Morgan fingerprint density at radius 1 is 1.05 bits per heavy atom. The van der Waals surface area contributed by atoms with Gasteiger partial charge in [0.2, 0.25) is 0 Å². The first-order chi connectivity index (χ1) is 17.7. The summed E-state index contributed by atoms with van der Waals surface area (Å²) >= 11 is 1.19. The van der Waals surface area contributed by atoms with Crippen LogP contribution in [0.1, 0.15) is 48.3 Å². The first-order valence-electron chi connectivity index (χ1n) is 11.4. The number of benzene rings is 2. The molecule has 1 atom stereocenters. The molecule has 0 radical (unpaired) electrons. The lowest BCUT2D eigenvalue weighted by Gasteiger charge is -2.24. The van der Waals surface area contributed by atoms with E-state index in [-0.39, 0.29) is 17.7 Å². The Morgan fingerprint density at radius 3 is 2.32 bits per heavy atom. The molecule has 190 valence electrons. The topological polar surface area (TPSA) is 113 Å². The number of fused-ring (bicyclic) bond motifs is 1. The lowest BCUT2D eigenvalue weighted by molar-refractivity contribution is -0.139. The van der Waals surface area contributed by atoms with Crippen LogP contribution in [0.4, 0.5) is 0 Å². The number of allylic oxidation sites excluding steroid dienone is 1. The summed E-state index contributed by atoms with van der Waals surface area (Å²) in [6.45, 7) is 4.88. The highest BCUT2D eigenvalue weighted by atomic mass is 32.1. The van der Waals surface area contributed by atoms with Crippen LogP contribution in [0.25, 0.3) is 6.08 Å². The molecule has 0 aliphatic carbocycles. The molecule has 0 saturated heterocycles. The monoisotopic (exact) mass is 520 g/mol. The van der Waals surface area contributed by atoms with Crippen LogP contribution in [0.3, 0.4) is 0 Å². The average molecular weight is 521 g/mol. The van der Waals surface area contributed by atoms with E-state index in [9.17, 15) is 19.2 Å². The highest BCUT2D eigenvalue weighted by molar-refractivity contribution is 7.07. The van der Waals surface area contributed by atoms with E-state index in [0.717, 1.165) is 0 Å². The predicted molar refractivity (Wildman–Crippen MR) is 136 cm³/mol. The summed E-state index contributed by atoms with van der Waals surface area (Å²) in [5.74, 6) is -1.13. The van der Waals surface area contributed by atoms with E-state index in [2.05, 4.69) is 4.99 Å². The van der Waals surface area contributed by atoms with E-state index in [1.165, 1.54) is 29.9 Å². The van der Waals surface area contributed by atoms with Gasteiger partial charge >= 0.3 is 17.9 Å². The van der Waals surface area contributed by atoms with Gasteiger partial charge in [-0.3, -0.25) is 14.2 Å². The third-order valence-corrected chi connectivity index (χ3v) is 6.59. The second-order valence-electron chi connectivity index (χ2n) is 8.08. The van der Waals surface area contributed by atoms with Crippen molar-refractivity contribution in [2.75, 3.05) is 13.7 Å². The van der Waals surface area contributed by atoms with Gasteiger partial charge in [-0.2, -0.15) is 0 Å². The fraction of sp³-hybridized carbons (Fsp3) is 0.222. The van der Waals surface area contributed by atoms with Crippen LogP contribution in [0, 0.1) is 0 Å². The van der Waals surface area contributed by atoms with Crippen molar-refractivity contribution in [1.29, 1.82) is 0 Å². The minimum atomic E-state index is -0.787. The van der Waals surface area contributed by atoms with Gasteiger partial charge in [0.15, 0.2) is 4.80 Å². The first-order valence-corrected chi connectivity index (χ1v) is 12.2. The molecular weight excluding hydrogens is 496 g/mol. The molecule has 2 heterocycles. The summed E-state index contributed by atoms with van der Waals surface area (Å²) in [5, 5.41) is 0. The van der Waals surface area contributed by atoms with Crippen molar-refractivity contribution in [2.45, 2.75) is 26.8 Å². The SMILES string of the molecule is CCOC(=O)C1=C(C)N=c2s/c(=C/c3ccc(C(=O)OC)cc3)c(=O)n2[C@H]1c1ccc(OC(C)=O)cc1. The number of aromatic nitrogens is 1. The van der Waals surface area contributed by atoms with Crippen LogP contribution in [0.5, 0.6) is 5.75 Å². The summed E-state index contributed by atoms with van der Waals surface area (Å²) in [5.41, 5.74) is 2.10. The van der Waals surface area contributed by atoms with E-state index < -0.39 is 23.9 Å². The minimum Gasteiger partial charge on any atom is -0.465 e. The number of hydrogen-bond donors (Lipinski definition) is 0. The minimum absolute atomic E-state index is 0.166. The molecule has 1 aliphatic rings. The molecular formula is C27H24N2O7S. The molecule has 0 spiro atoms. The molecule has 0 bridgehead atoms. The van der Waals surface area contributed by atoms with Crippen LogP contribution in [0.15, 0.2) is 69.6 Å². The largest absolute Gasteiger partial charge is 0.465 e. The van der Waals surface area contributed by atoms with Gasteiger partial charge in [-0.05, 0) is 55.3 Å². The average Bonchev–Trinajstić information content (AvgIpc) is 3.17. The highest BCUT2D eigenvalue weighted by Crippen LogP contribution is 2.31. The number of esters is 3. The van der Waals surface area contributed by atoms with Gasteiger partial charge in [0.1, 0.15) is 5.75 Å². The van der Waals surface area contributed by atoms with Crippen molar-refractivity contribution in [3.63, 3.8) is 0 Å². The van der Waals surface area contributed by atoms with Gasteiger partial charge in [0, 0.05) is 6.92 Å². The fourth-order valence-corrected chi connectivity index (χ4v) is 5.02. The van der Waals surface area contributed by atoms with Crippen LogP contribution >= 0.6 is 11.3 Å². The van der Waals surface area contributed by atoms with Gasteiger partial charge in [0.05, 0.1) is 41.1 Å². The maximum absolute atomic E-state index is 13.6. The summed E-state index contributed by atoms with van der Waals surface area (Å²) < 4.78 is 17.0. The number of methoxy groups -OCH3 is 1. The standard InChI is InChI=1S/C27H24N2O7S/c1-5-35-26(33)22-15(2)28-27-29(23(22)18-10-12-20(13-11-18)36-16(3)30)24(31)21(37-27)14-17-6-8-19(9-7-17)25(32)34-4/h6-14,23H,5H2,1-4H3/b21-14+/t23-/m0/s1. The molecule has 1 aliphatic heterocycles. The summed E-state index contributed by atoms with van der Waals surface area (Å²) in [4.78, 5) is 54.6. The Labute approximate surface area is 215 Å². The Balaban J connectivity index is 1.85. The van der Waals surface area contributed by atoms with Crippen LogP contribution in [-0.4, -0.2) is 36.2 Å². The Bertz CT molecular complexity index is 1580. The predicted octanol–water partition coefficient (Wildman–Crippen LogP) is 2.51. The summed E-state index contributed by atoms with van der Waals surface area (Å²) in [7, 11) is 1.31. The maximum atomic E-state index is 13.6. The molecule has 4 rings (SSSR count). The van der Waals surface area contributed by atoms with Gasteiger partial charge < -0.3 is 14.2 Å². The fourth-order valence-electron chi connectivity index (χ4n) is 3.98. The Morgan fingerprint density at radius 2 is 1.73 bits per heavy atom. The van der Waals surface area contributed by atoms with Crippen LogP contribution < -0.4 is 19.6 Å². The zero-order chi connectivity index (χ0) is 26.7. The van der Waals surface area contributed by atoms with Crippen molar-refractivity contribution in [3.05, 3.63) is 96.2 Å². The molecule has 2 aromatic carbocycles. The molecule has 3 aromatic rings. The van der Waals surface area contributed by atoms with Crippen molar-refractivity contribution >= 4 is 35.3 Å². The number of ether oxygens (including phenoxy) is 3. The number of hydrogen-bond acceptors (Lipinski definition) is 9. The molecule has 0 N–H and O–H groups in total. The van der Waals surface area contributed by atoms with E-state index in [1.54, 1.807) is 68.5 Å². The second-order valence-corrected chi connectivity index (χ2v) is 9.09. The Hall–Kier alpha value is -4.31. The third-order valence-electron chi connectivity index (χ3n) is 5.60. The molecule has 1 aromatic heterocycles. The number of thiazole rings is 1. The molecule has 0 fully saturated rings. The summed E-state index contributed by atoms with van der Waals surface area (Å²) in [6, 6.07) is 12.5. The number of rotatable bonds is 6. The smallest absolute Gasteiger partial charge is 0.338 e. The van der Waals surface area contributed by atoms with Crippen molar-refractivity contribution in [2.24, 2.45) is 4.99 Å². The van der Waals surface area contributed by atoms with E-state index >= 15 is 0 Å². The quantitative estimate of drug-likeness (QED) is 0.363. The molecule has 9 nitrogen and oxygen atoms in total. The Kier molecular flexibility index (Phi) is 7.49. The number of nitrogens with zero attached hydrogens (tertiary/aromatic N) is 2. The van der Waals surface area contributed by atoms with Crippen LogP contribution in [-0.2, 0) is 19.1 Å². The lowest BCUT2D eigenvalue weighted by atomic mass is 9.96. The van der Waals surface area contributed by atoms with Gasteiger partial charge in [-0.25, -0.2) is 14.6 Å². The second kappa shape index (κ2) is 10.8. The molecule has 10 heteroatoms. The molecule has 0 amide bonds. The molecule has 0 unspecified atom stereocenters. The number of carbonyl (C=O) groups is 3. The van der Waals surface area contributed by atoms with Gasteiger partial charge in [-0.15, -0.1) is 0 Å². The van der Waals surface area contributed by atoms with E-state index in [0.29, 0.717) is 37.5 Å². The van der Waals surface area contributed by atoms with E-state index in [1.807, 2.05) is 0 Å². The van der Waals surface area contributed by atoms with Gasteiger partial charge in [0.25, 0.3) is 5.56 Å². The summed E-state index contributed by atoms with van der Waals surface area (Å²) in [6.07, 6.45) is 1.70. The maximum Gasteiger partial charge on any atom is 0.338 e. The third kappa shape index (κ3) is 5.29. The zero-order valence-corrected chi connectivity index (χ0v) is 21.5. The van der Waals surface area contributed by atoms with Crippen molar-refractivity contribution in [1.82, 2.24) is 4.57 Å². The first kappa shape index (κ1) is 25.8. The van der Waals surface area contributed by atoms with Gasteiger partial charge in [-0.1, -0.05) is 35.6 Å². The van der Waals surface area contributed by atoms with E-state index in [4.69, 9.17) is 14.2 Å². The number of carbonyl (C=O) groups excluding carboxylic acids is 3. The highest BCUT2D eigenvalue weighted by Gasteiger charge is 2.33.